The van der Waals surface area contributed by atoms with Crippen LogP contribution in [0.1, 0.15) is 31.2 Å². The molecule has 4 rings (SSSR count). The van der Waals surface area contributed by atoms with Crippen molar-refractivity contribution in [2.24, 2.45) is 0 Å². The molecule has 33 heavy (non-hydrogen) atoms. The predicted molar refractivity (Wildman–Crippen MR) is 122 cm³/mol. The van der Waals surface area contributed by atoms with Crippen molar-refractivity contribution < 1.29 is 9.66 Å². The van der Waals surface area contributed by atoms with Gasteiger partial charge in [0.25, 0.3) is 11.2 Å². The minimum absolute atomic E-state index is 0.0153. The van der Waals surface area contributed by atoms with Crippen LogP contribution in [0.5, 0.6) is 5.75 Å². The molecule has 0 aliphatic carbocycles. The first-order valence-electron chi connectivity index (χ1n) is 10.6. The second-order valence-corrected chi connectivity index (χ2v) is 7.58. The Morgan fingerprint density at radius 2 is 1.88 bits per heavy atom. The van der Waals surface area contributed by atoms with Crippen molar-refractivity contribution in [1.82, 2.24) is 19.1 Å². The summed E-state index contributed by atoms with van der Waals surface area (Å²) in [6, 6.07) is 15.3. The maximum absolute atomic E-state index is 12.7. The minimum atomic E-state index is -0.539. The number of ether oxygens (including phenoxy) is 1. The number of fused-ring (bicyclic) bond motifs is 1. The zero-order valence-corrected chi connectivity index (χ0v) is 18.1. The molecule has 1 N–H and O–H groups in total. The lowest BCUT2D eigenvalue weighted by molar-refractivity contribution is -0.384. The molecule has 4 aromatic rings. The minimum Gasteiger partial charge on any atom is -0.485 e. The van der Waals surface area contributed by atoms with Gasteiger partial charge in [-0.2, -0.15) is 0 Å². The number of H-pyrrole nitrogens is 1. The molecule has 10 heteroatoms. The fourth-order valence-electron chi connectivity index (χ4n) is 3.63. The number of non-ortho nitro benzene ring substituents is 1. The summed E-state index contributed by atoms with van der Waals surface area (Å²) in [7, 11) is 0. The van der Waals surface area contributed by atoms with E-state index in [-0.39, 0.29) is 24.5 Å². The predicted octanol–water partition coefficient (Wildman–Crippen LogP) is 3.22. The van der Waals surface area contributed by atoms with Gasteiger partial charge in [-0.25, -0.2) is 9.78 Å². The molecule has 0 aliphatic heterocycles. The Balaban J connectivity index is 1.77. The van der Waals surface area contributed by atoms with E-state index in [2.05, 4.69) is 9.97 Å². The highest BCUT2D eigenvalue weighted by Gasteiger charge is 2.19. The first-order valence-corrected chi connectivity index (χ1v) is 10.6. The summed E-state index contributed by atoms with van der Waals surface area (Å²) in [5.41, 5.74) is 0.343. The smallest absolute Gasteiger partial charge is 0.330 e. The van der Waals surface area contributed by atoms with Crippen LogP contribution in [0.15, 0.2) is 64.2 Å². The highest BCUT2D eigenvalue weighted by Crippen LogP contribution is 2.21. The molecule has 0 saturated heterocycles. The number of imidazole rings is 1. The summed E-state index contributed by atoms with van der Waals surface area (Å²) in [6.07, 6.45) is 1.69. The number of aryl methyl sites for hydroxylation is 1. The van der Waals surface area contributed by atoms with E-state index in [4.69, 9.17) is 4.74 Å². The van der Waals surface area contributed by atoms with Gasteiger partial charge >= 0.3 is 5.69 Å². The fourth-order valence-corrected chi connectivity index (χ4v) is 3.63. The molecule has 0 atom stereocenters. The third-order valence-corrected chi connectivity index (χ3v) is 5.28. The quantitative estimate of drug-likeness (QED) is 0.309. The summed E-state index contributed by atoms with van der Waals surface area (Å²) in [6.45, 7) is 2.79. The topological polar surface area (TPSA) is 125 Å². The summed E-state index contributed by atoms with van der Waals surface area (Å²) < 4.78 is 8.97. The van der Waals surface area contributed by atoms with Crippen LogP contribution in [0.25, 0.3) is 11.2 Å². The van der Waals surface area contributed by atoms with Crippen molar-refractivity contribution in [2.45, 2.75) is 39.5 Å². The number of nitro groups is 1. The molecule has 10 nitrogen and oxygen atoms in total. The first kappa shape index (κ1) is 22.0. The van der Waals surface area contributed by atoms with E-state index in [0.717, 1.165) is 18.4 Å². The monoisotopic (exact) mass is 449 g/mol. The van der Waals surface area contributed by atoms with Crippen molar-refractivity contribution >= 4 is 16.9 Å². The SMILES string of the molecule is CCCCn1c(COc2cccc([N+](=O)[O-])c2)nc2c1c(=O)[nH]c(=O)n2Cc1ccccc1. The van der Waals surface area contributed by atoms with E-state index in [9.17, 15) is 19.7 Å². The molecular weight excluding hydrogens is 426 g/mol. The summed E-state index contributed by atoms with van der Waals surface area (Å²) in [4.78, 5) is 42.9. The molecule has 0 unspecified atom stereocenters. The van der Waals surface area contributed by atoms with Crippen LogP contribution in [0.4, 0.5) is 5.69 Å². The Hall–Kier alpha value is -4.21. The molecule has 0 radical (unpaired) electrons. The third-order valence-electron chi connectivity index (χ3n) is 5.28. The standard InChI is InChI=1S/C23H23N5O5/c1-2-3-12-26-19(15-33-18-11-7-10-17(13-18)28(31)32)24-21-20(26)22(29)25-23(30)27(21)14-16-8-5-4-6-9-16/h4-11,13H,2-3,12,14-15H2,1H3,(H,25,29,30). The van der Waals surface area contributed by atoms with Gasteiger partial charge in [0.1, 0.15) is 18.2 Å². The van der Waals surface area contributed by atoms with Crippen molar-refractivity contribution in [1.29, 1.82) is 0 Å². The summed E-state index contributed by atoms with van der Waals surface area (Å²) >= 11 is 0. The van der Waals surface area contributed by atoms with Crippen molar-refractivity contribution in [3.63, 3.8) is 0 Å². The van der Waals surface area contributed by atoms with Crippen LogP contribution < -0.4 is 16.0 Å². The number of rotatable bonds is 9. The largest absolute Gasteiger partial charge is 0.485 e. The average Bonchev–Trinajstić information content (AvgIpc) is 3.18. The lowest BCUT2D eigenvalue weighted by Gasteiger charge is -2.10. The molecule has 0 spiro atoms. The van der Waals surface area contributed by atoms with Gasteiger partial charge in [-0.3, -0.25) is 24.5 Å². The van der Waals surface area contributed by atoms with Gasteiger partial charge in [-0.05, 0) is 18.1 Å². The van der Waals surface area contributed by atoms with Gasteiger partial charge in [-0.15, -0.1) is 0 Å². The number of hydrogen-bond donors (Lipinski definition) is 1. The van der Waals surface area contributed by atoms with Crippen molar-refractivity contribution in [2.75, 3.05) is 0 Å². The average molecular weight is 449 g/mol. The van der Waals surface area contributed by atoms with E-state index in [1.165, 1.54) is 22.8 Å². The molecule has 2 aromatic heterocycles. The number of unbranched alkanes of at least 4 members (excludes halogenated alkanes) is 1. The molecule has 2 heterocycles. The number of hydrogen-bond acceptors (Lipinski definition) is 6. The number of aromatic amines is 1. The number of aromatic nitrogens is 4. The van der Waals surface area contributed by atoms with E-state index in [1.54, 1.807) is 10.6 Å². The number of nitro benzene ring substituents is 1. The number of nitrogens with one attached hydrogen (secondary N) is 1. The third kappa shape index (κ3) is 4.69. The highest BCUT2D eigenvalue weighted by atomic mass is 16.6. The normalized spacial score (nSPS) is 11.1. The Morgan fingerprint density at radius 1 is 1.09 bits per heavy atom. The fraction of sp³-hybridized carbons (Fsp3) is 0.261. The molecule has 0 aliphatic rings. The number of benzene rings is 2. The van der Waals surface area contributed by atoms with Crippen molar-refractivity contribution in [3.8, 4) is 5.75 Å². The Kier molecular flexibility index (Phi) is 6.34. The Bertz CT molecular complexity index is 1400. The first-order chi connectivity index (χ1) is 16.0. The van der Waals surface area contributed by atoms with E-state index in [0.29, 0.717) is 23.6 Å². The zero-order valence-electron chi connectivity index (χ0n) is 18.1. The Morgan fingerprint density at radius 3 is 2.61 bits per heavy atom. The van der Waals surface area contributed by atoms with Crippen LogP contribution in [0, 0.1) is 10.1 Å². The van der Waals surface area contributed by atoms with Gasteiger partial charge in [-0.1, -0.05) is 49.7 Å². The Labute approximate surface area is 188 Å². The summed E-state index contributed by atoms with van der Waals surface area (Å²) in [5.74, 6) is 0.775. The molecule has 0 fully saturated rings. The maximum Gasteiger partial charge on any atom is 0.330 e. The second-order valence-electron chi connectivity index (χ2n) is 7.58. The molecule has 170 valence electrons. The van der Waals surface area contributed by atoms with Crippen LogP contribution in [0.3, 0.4) is 0 Å². The highest BCUT2D eigenvalue weighted by molar-refractivity contribution is 5.71. The van der Waals surface area contributed by atoms with Crippen LogP contribution >= 0.6 is 0 Å². The van der Waals surface area contributed by atoms with Gasteiger partial charge < -0.3 is 9.30 Å². The van der Waals surface area contributed by atoms with Crippen molar-refractivity contribution in [3.05, 3.63) is 96.9 Å². The van der Waals surface area contributed by atoms with Gasteiger partial charge in [0.2, 0.25) is 0 Å². The van der Waals surface area contributed by atoms with Gasteiger partial charge in [0.15, 0.2) is 11.2 Å². The van der Waals surface area contributed by atoms with Gasteiger partial charge in [0, 0.05) is 12.6 Å². The maximum atomic E-state index is 12.7. The molecular formula is C23H23N5O5. The van der Waals surface area contributed by atoms with E-state index < -0.39 is 16.2 Å². The molecule has 2 aromatic carbocycles. The van der Waals surface area contributed by atoms with E-state index >= 15 is 0 Å². The number of nitrogens with zero attached hydrogens (tertiary/aromatic N) is 4. The summed E-state index contributed by atoms with van der Waals surface area (Å²) in [5, 5.41) is 11.0. The lowest BCUT2D eigenvalue weighted by Crippen LogP contribution is -2.31. The van der Waals surface area contributed by atoms with Crippen LogP contribution in [0.2, 0.25) is 0 Å². The molecule has 0 saturated carbocycles. The van der Waals surface area contributed by atoms with Gasteiger partial charge in [0.05, 0.1) is 17.5 Å². The second kappa shape index (κ2) is 9.51. The van der Waals surface area contributed by atoms with Crippen LogP contribution in [-0.4, -0.2) is 24.0 Å². The zero-order chi connectivity index (χ0) is 23.4. The molecule has 0 bridgehead atoms. The molecule has 0 amide bonds. The van der Waals surface area contributed by atoms with Crippen LogP contribution in [-0.2, 0) is 19.7 Å². The lowest BCUT2D eigenvalue weighted by atomic mass is 10.2. The van der Waals surface area contributed by atoms with E-state index in [1.807, 2.05) is 37.3 Å².